The van der Waals surface area contributed by atoms with Crippen molar-refractivity contribution in [3.63, 3.8) is 0 Å². The smallest absolute Gasteiger partial charge is 0.321 e. The van der Waals surface area contributed by atoms with E-state index in [0.29, 0.717) is 0 Å². The lowest BCUT2D eigenvalue weighted by Crippen LogP contribution is -2.62. The van der Waals surface area contributed by atoms with Crippen LogP contribution in [0.3, 0.4) is 0 Å². The van der Waals surface area contributed by atoms with Crippen LogP contribution in [0.1, 0.15) is 38.5 Å². The van der Waals surface area contributed by atoms with Gasteiger partial charge in [-0.2, -0.15) is 0 Å². The van der Waals surface area contributed by atoms with Crippen molar-refractivity contribution in [1.29, 1.82) is 0 Å². The molecule has 4 amide bonds. The van der Waals surface area contributed by atoms with Crippen LogP contribution in [0.4, 0.5) is 4.79 Å². The molecule has 0 aromatic heterocycles. The summed E-state index contributed by atoms with van der Waals surface area (Å²) in [6.45, 7) is 0.172. The molecule has 0 heterocycles. The molecule has 7 heteroatoms. The molecule has 0 saturated heterocycles. The maximum absolute atomic E-state index is 12.3. The number of nitrogens with zero attached hydrogens (tertiary/aromatic N) is 2. The van der Waals surface area contributed by atoms with Crippen molar-refractivity contribution in [3.05, 3.63) is 0 Å². The summed E-state index contributed by atoms with van der Waals surface area (Å²) in [5.41, 5.74) is -0.105. The number of amides is 4. The summed E-state index contributed by atoms with van der Waals surface area (Å²) in [5.74, 6) is 1.77. The maximum atomic E-state index is 12.3. The van der Waals surface area contributed by atoms with Gasteiger partial charge >= 0.3 is 6.03 Å². The van der Waals surface area contributed by atoms with E-state index in [1.807, 2.05) is 0 Å². The van der Waals surface area contributed by atoms with E-state index < -0.39 is 0 Å². The number of rotatable bonds is 5. The number of likely N-dealkylation sites (N-methyl/N-ethyl adjacent to an activating group) is 2. The SMILES string of the molecule is CN(CC(=O)NC(=O)NC12CC3CC(CC(C3)C1)C2)CC(=O)N(C)C. The standard InChI is InChI=1S/C18H30N4O3/c1-21(2)16(24)11-22(3)10-15(23)19-17(25)20-18-7-12-4-13(8-18)6-14(5-12)9-18/h12-14H,4-11H2,1-3H3,(H2,19,20,23,25). The summed E-state index contributed by atoms with van der Waals surface area (Å²) < 4.78 is 0. The lowest BCUT2D eigenvalue weighted by Gasteiger charge is -2.56. The highest BCUT2D eigenvalue weighted by Crippen LogP contribution is 2.55. The molecule has 2 N–H and O–H groups in total. The second-order valence-electron chi connectivity index (χ2n) is 8.66. The molecule has 4 bridgehead atoms. The van der Waals surface area contributed by atoms with E-state index in [0.717, 1.165) is 37.0 Å². The molecule has 0 aromatic carbocycles. The summed E-state index contributed by atoms with van der Waals surface area (Å²) in [6.07, 6.45) is 7.10. The molecule has 0 unspecified atom stereocenters. The largest absolute Gasteiger partial charge is 0.348 e. The summed E-state index contributed by atoms with van der Waals surface area (Å²) in [7, 11) is 5.04. The molecular weight excluding hydrogens is 320 g/mol. The second-order valence-corrected chi connectivity index (χ2v) is 8.66. The fourth-order valence-electron chi connectivity index (χ4n) is 5.38. The zero-order chi connectivity index (χ0) is 18.2. The van der Waals surface area contributed by atoms with Crippen LogP contribution in [-0.4, -0.2) is 67.4 Å². The Bertz CT molecular complexity index is 525. The molecular formula is C18H30N4O3. The first kappa shape index (κ1) is 18.2. The Balaban J connectivity index is 1.46. The Kier molecular flexibility index (Phi) is 5.04. The van der Waals surface area contributed by atoms with Gasteiger partial charge in [0.25, 0.3) is 0 Å². The van der Waals surface area contributed by atoms with Gasteiger partial charge in [-0.25, -0.2) is 4.79 Å². The van der Waals surface area contributed by atoms with Crippen molar-refractivity contribution in [2.45, 2.75) is 44.1 Å². The minimum Gasteiger partial charge on any atom is -0.348 e. The summed E-state index contributed by atoms with van der Waals surface area (Å²) in [5, 5.41) is 5.56. The van der Waals surface area contributed by atoms with Gasteiger partial charge in [-0.1, -0.05) is 0 Å². The van der Waals surface area contributed by atoms with E-state index in [1.54, 1.807) is 26.0 Å². The molecule has 0 aliphatic heterocycles. The predicted octanol–water partition coefficient (Wildman–Crippen LogP) is 0.801. The van der Waals surface area contributed by atoms with Gasteiger partial charge in [-0.15, -0.1) is 0 Å². The first-order chi connectivity index (χ1) is 11.7. The Morgan fingerprint density at radius 2 is 1.44 bits per heavy atom. The first-order valence-corrected chi connectivity index (χ1v) is 9.25. The number of hydrogen-bond acceptors (Lipinski definition) is 4. The highest BCUT2D eigenvalue weighted by molar-refractivity contribution is 5.95. The first-order valence-electron chi connectivity index (χ1n) is 9.25. The van der Waals surface area contributed by atoms with Crippen molar-refractivity contribution in [3.8, 4) is 0 Å². The van der Waals surface area contributed by atoms with Crippen LogP contribution in [0.25, 0.3) is 0 Å². The second kappa shape index (κ2) is 6.94. The van der Waals surface area contributed by atoms with Crippen molar-refractivity contribution in [2.75, 3.05) is 34.2 Å². The Morgan fingerprint density at radius 3 is 1.92 bits per heavy atom. The van der Waals surface area contributed by atoms with Crippen molar-refractivity contribution < 1.29 is 14.4 Å². The van der Waals surface area contributed by atoms with Gasteiger partial charge in [0.2, 0.25) is 11.8 Å². The highest BCUT2D eigenvalue weighted by atomic mass is 16.2. The lowest BCUT2D eigenvalue weighted by atomic mass is 9.53. The molecule has 25 heavy (non-hydrogen) atoms. The number of carbonyl (C=O) groups excluding carboxylic acids is 3. The number of carbonyl (C=O) groups is 3. The molecule has 4 fully saturated rings. The van der Waals surface area contributed by atoms with E-state index in [-0.39, 0.29) is 36.5 Å². The summed E-state index contributed by atoms with van der Waals surface area (Å²) >= 11 is 0. The Labute approximate surface area is 149 Å². The van der Waals surface area contributed by atoms with Gasteiger partial charge in [-0.05, 0) is 63.3 Å². The average Bonchev–Trinajstić information content (AvgIpc) is 2.43. The average molecular weight is 350 g/mol. The van der Waals surface area contributed by atoms with E-state index in [4.69, 9.17) is 0 Å². The van der Waals surface area contributed by atoms with Gasteiger partial charge in [0.15, 0.2) is 0 Å². The fraction of sp³-hybridized carbons (Fsp3) is 0.833. The number of urea groups is 1. The maximum Gasteiger partial charge on any atom is 0.321 e. The molecule has 0 atom stereocenters. The van der Waals surface area contributed by atoms with Crippen molar-refractivity contribution >= 4 is 17.8 Å². The zero-order valence-corrected chi connectivity index (χ0v) is 15.5. The minimum absolute atomic E-state index is 0.0217. The van der Waals surface area contributed by atoms with Gasteiger partial charge in [0.1, 0.15) is 0 Å². The zero-order valence-electron chi connectivity index (χ0n) is 15.5. The van der Waals surface area contributed by atoms with Crippen LogP contribution < -0.4 is 10.6 Å². The Hall–Kier alpha value is -1.63. The van der Waals surface area contributed by atoms with Crippen LogP contribution in [0, 0.1) is 17.8 Å². The van der Waals surface area contributed by atoms with E-state index in [1.165, 1.54) is 24.2 Å². The third kappa shape index (κ3) is 4.32. The number of nitrogens with one attached hydrogen (secondary N) is 2. The van der Waals surface area contributed by atoms with Crippen molar-refractivity contribution in [1.82, 2.24) is 20.4 Å². The molecule has 140 valence electrons. The molecule has 7 nitrogen and oxygen atoms in total. The molecule has 4 aliphatic rings. The molecule has 0 aromatic rings. The quantitative estimate of drug-likeness (QED) is 0.768. The van der Waals surface area contributed by atoms with Gasteiger partial charge in [-0.3, -0.25) is 19.8 Å². The molecule has 4 rings (SSSR count). The van der Waals surface area contributed by atoms with Crippen molar-refractivity contribution in [2.24, 2.45) is 17.8 Å². The molecule has 0 spiro atoms. The van der Waals surface area contributed by atoms with Gasteiger partial charge in [0, 0.05) is 19.6 Å². The highest BCUT2D eigenvalue weighted by Gasteiger charge is 2.51. The summed E-state index contributed by atoms with van der Waals surface area (Å²) in [4.78, 5) is 39.1. The van der Waals surface area contributed by atoms with Gasteiger partial charge < -0.3 is 10.2 Å². The normalized spacial score (nSPS) is 32.6. The fourth-order valence-corrected chi connectivity index (χ4v) is 5.38. The van der Waals surface area contributed by atoms with E-state index in [9.17, 15) is 14.4 Å². The van der Waals surface area contributed by atoms with Gasteiger partial charge in [0.05, 0.1) is 13.1 Å². The third-order valence-electron chi connectivity index (χ3n) is 5.99. The Morgan fingerprint density at radius 1 is 0.920 bits per heavy atom. The van der Waals surface area contributed by atoms with E-state index >= 15 is 0 Å². The van der Waals surface area contributed by atoms with E-state index in [2.05, 4.69) is 10.6 Å². The van der Waals surface area contributed by atoms with Crippen LogP contribution >= 0.6 is 0 Å². The number of hydrogen-bond donors (Lipinski definition) is 2. The van der Waals surface area contributed by atoms with Crippen LogP contribution in [0.15, 0.2) is 0 Å². The van der Waals surface area contributed by atoms with Crippen LogP contribution in [-0.2, 0) is 9.59 Å². The molecule has 4 saturated carbocycles. The summed E-state index contributed by atoms with van der Waals surface area (Å²) in [6, 6.07) is -0.390. The lowest BCUT2D eigenvalue weighted by molar-refractivity contribution is -0.130. The number of imide groups is 1. The van der Waals surface area contributed by atoms with Crippen LogP contribution in [0.5, 0.6) is 0 Å². The third-order valence-corrected chi connectivity index (χ3v) is 5.99. The molecule has 4 aliphatic carbocycles. The minimum atomic E-state index is -0.390. The topological polar surface area (TPSA) is 81.8 Å². The monoisotopic (exact) mass is 350 g/mol. The molecule has 0 radical (unpaired) electrons. The van der Waals surface area contributed by atoms with Crippen LogP contribution in [0.2, 0.25) is 0 Å². The predicted molar refractivity (Wildman–Crippen MR) is 93.8 cm³/mol.